The minimum Gasteiger partial charge on any atom is -0.293 e. The second-order valence-electron chi connectivity index (χ2n) is 9.18. The van der Waals surface area contributed by atoms with Gasteiger partial charge < -0.3 is 0 Å². The van der Waals surface area contributed by atoms with Crippen molar-refractivity contribution in [2.45, 2.75) is 17.3 Å². The van der Waals surface area contributed by atoms with Crippen molar-refractivity contribution in [3.8, 4) is 0 Å². The summed E-state index contributed by atoms with van der Waals surface area (Å²) in [6, 6.07) is 28.1. The maximum Gasteiger partial charge on any atom is 0.179 e. The van der Waals surface area contributed by atoms with Crippen LogP contribution in [0.2, 0.25) is 0 Å². The van der Waals surface area contributed by atoms with E-state index >= 15 is 0 Å². The zero-order chi connectivity index (χ0) is 19.6. The standard InChI is InChI=1S/C29H18O/c30-28-26-18-8-2-1-7-16(18)15-17-13-14-21-25-19-9-3-5-11-22(19)29(28,27(21)24(17)26)23-12-6-4-10-20(23)25/h1-15,21,25,27H. The number of hydrogen-bond acceptors (Lipinski definition) is 1. The van der Waals surface area contributed by atoms with Crippen LogP contribution in [-0.2, 0) is 5.41 Å². The maximum atomic E-state index is 14.6. The molecule has 1 nitrogen and oxygen atoms in total. The molecule has 2 unspecified atom stereocenters. The molecule has 0 radical (unpaired) electrons. The Kier molecular flexibility index (Phi) is 2.47. The van der Waals surface area contributed by atoms with E-state index in [1.165, 1.54) is 33.4 Å². The Balaban J connectivity index is 1.63. The van der Waals surface area contributed by atoms with E-state index in [1.807, 2.05) is 0 Å². The molecule has 5 aliphatic rings. The lowest BCUT2D eigenvalue weighted by Crippen LogP contribution is -2.51. The van der Waals surface area contributed by atoms with Crippen molar-refractivity contribution in [2.75, 3.05) is 0 Å². The van der Waals surface area contributed by atoms with Gasteiger partial charge in [-0.25, -0.2) is 0 Å². The fraction of sp³-hybridized carbons (Fsp3) is 0.138. The van der Waals surface area contributed by atoms with E-state index in [0.29, 0.717) is 17.6 Å². The Morgan fingerprint density at radius 3 is 2.20 bits per heavy atom. The molecular weight excluding hydrogens is 364 g/mol. The fourth-order valence-electron chi connectivity index (χ4n) is 7.33. The number of allylic oxidation sites excluding steroid dienone is 1. The molecule has 9 rings (SSSR count). The van der Waals surface area contributed by atoms with Crippen LogP contribution < -0.4 is 0 Å². The molecule has 4 aromatic carbocycles. The quantitative estimate of drug-likeness (QED) is 0.353. The number of hydrogen-bond donors (Lipinski definition) is 0. The molecule has 0 saturated carbocycles. The van der Waals surface area contributed by atoms with Crippen LogP contribution in [0, 0.1) is 5.92 Å². The van der Waals surface area contributed by atoms with Crippen LogP contribution >= 0.6 is 0 Å². The summed E-state index contributed by atoms with van der Waals surface area (Å²) in [7, 11) is 0. The molecule has 0 N–H and O–H groups in total. The highest BCUT2D eigenvalue weighted by Gasteiger charge is 2.67. The van der Waals surface area contributed by atoms with Gasteiger partial charge in [-0.3, -0.25) is 4.79 Å². The van der Waals surface area contributed by atoms with Crippen LogP contribution in [0.1, 0.15) is 55.6 Å². The van der Waals surface area contributed by atoms with Gasteiger partial charge in [0.05, 0.1) is 5.41 Å². The molecule has 30 heavy (non-hydrogen) atoms. The predicted molar refractivity (Wildman–Crippen MR) is 119 cm³/mol. The highest BCUT2D eigenvalue weighted by Crippen LogP contribution is 2.70. The Morgan fingerprint density at radius 2 is 1.43 bits per heavy atom. The zero-order valence-electron chi connectivity index (χ0n) is 16.3. The molecule has 1 spiro atoms. The van der Waals surface area contributed by atoms with Gasteiger partial charge in [-0.05, 0) is 56.1 Å². The Labute approximate surface area is 174 Å². The first-order chi connectivity index (χ1) is 14.8. The van der Waals surface area contributed by atoms with E-state index in [9.17, 15) is 4.79 Å². The van der Waals surface area contributed by atoms with E-state index < -0.39 is 5.41 Å². The van der Waals surface area contributed by atoms with Gasteiger partial charge >= 0.3 is 0 Å². The van der Waals surface area contributed by atoms with Gasteiger partial charge in [-0.1, -0.05) is 84.9 Å². The summed E-state index contributed by atoms with van der Waals surface area (Å²) in [6.45, 7) is 0. The van der Waals surface area contributed by atoms with E-state index in [-0.39, 0.29) is 5.92 Å². The Bertz CT molecular complexity index is 1440. The third-order valence-corrected chi connectivity index (χ3v) is 8.19. The Morgan fingerprint density at radius 1 is 0.767 bits per heavy atom. The van der Waals surface area contributed by atoms with Crippen LogP contribution in [0.4, 0.5) is 0 Å². The van der Waals surface area contributed by atoms with Crippen LogP contribution in [0.25, 0.3) is 16.8 Å². The molecule has 0 heterocycles. The molecule has 0 saturated heterocycles. The molecule has 4 aromatic rings. The molecule has 2 bridgehead atoms. The monoisotopic (exact) mass is 382 g/mol. The minimum absolute atomic E-state index is 0.194. The van der Waals surface area contributed by atoms with E-state index in [4.69, 9.17) is 0 Å². The van der Waals surface area contributed by atoms with Crippen molar-refractivity contribution in [2.24, 2.45) is 5.92 Å². The first-order valence-electron chi connectivity index (χ1n) is 10.8. The number of ketones is 1. The van der Waals surface area contributed by atoms with Gasteiger partial charge in [0, 0.05) is 17.4 Å². The highest BCUT2D eigenvalue weighted by atomic mass is 16.1. The summed E-state index contributed by atoms with van der Waals surface area (Å²) in [5, 5.41) is 2.27. The summed E-state index contributed by atoms with van der Waals surface area (Å²) >= 11 is 0. The van der Waals surface area contributed by atoms with Gasteiger partial charge in [0.15, 0.2) is 5.78 Å². The van der Waals surface area contributed by atoms with E-state index in [1.54, 1.807) is 0 Å². The first kappa shape index (κ1) is 15.4. The topological polar surface area (TPSA) is 17.1 Å². The number of fused-ring (bicyclic) bond motifs is 2. The second kappa shape index (κ2) is 4.82. The van der Waals surface area contributed by atoms with Crippen molar-refractivity contribution < 1.29 is 4.79 Å². The maximum absolute atomic E-state index is 14.6. The van der Waals surface area contributed by atoms with Gasteiger partial charge in [0.1, 0.15) is 0 Å². The smallest absolute Gasteiger partial charge is 0.179 e. The van der Waals surface area contributed by atoms with Crippen molar-refractivity contribution >= 4 is 22.6 Å². The molecule has 0 fully saturated rings. The van der Waals surface area contributed by atoms with E-state index in [2.05, 4.69) is 91.0 Å². The van der Waals surface area contributed by atoms with Crippen molar-refractivity contribution in [1.29, 1.82) is 0 Å². The summed E-state index contributed by atoms with van der Waals surface area (Å²) in [5.74, 6) is 1.14. The molecule has 2 atom stereocenters. The van der Waals surface area contributed by atoms with Gasteiger partial charge in [-0.2, -0.15) is 0 Å². The average molecular weight is 382 g/mol. The van der Waals surface area contributed by atoms with Crippen molar-refractivity contribution in [1.82, 2.24) is 0 Å². The summed E-state index contributed by atoms with van der Waals surface area (Å²) in [4.78, 5) is 14.6. The number of carbonyl (C=O) groups excluding carboxylic acids is 1. The Hall–Kier alpha value is -3.45. The molecule has 5 aliphatic carbocycles. The number of carbonyl (C=O) groups is 1. The summed E-state index contributed by atoms with van der Waals surface area (Å²) in [5.41, 5.74) is 8.06. The fourth-order valence-corrected chi connectivity index (χ4v) is 7.33. The lowest BCUT2D eigenvalue weighted by atomic mass is 9.46. The molecule has 140 valence electrons. The number of benzene rings is 4. The third-order valence-electron chi connectivity index (χ3n) is 8.19. The molecule has 1 heteroatoms. The van der Waals surface area contributed by atoms with Gasteiger partial charge in [0.25, 0.3) is 0 Å². The molecule has 0 aromatic heterocycles. The number of Topliss-reactive ketones (excluding diaryl/α,β-unsaturated/α-hetero) is 1. The van der Waals surface area contributed by atoms with Crippen molar-refractivity contribution in [3.63, 3.8) is 0 Å². The lowest BCUT2D eigenvalue weighted by Gasteiger charge is -2.55. The molecule has 0 aliphatic heterocycles. The highest BCUT2D eigenvalue weighted by molar-refractivity contribution is 6.21. The molecular formula is C29H18O. The van der Waals surface area contributed by atoms with Crippen molar-refractivity contribution in [3.05, 3.63) is 124 Å². The normalized spacial score (nSPS) is 28.4. The summed E-state index contributed by atoms with van der Waals surface area (Å²) in [6.07, 6.45) is 4.68. The lowest BCUT2D eigenvalue weighted by molar-refractivity contribution is 0.0879. The van der Waals surface area contributed by atoms with E-state index in [0.717, 1.165) is 16.3 Å². The predicted octanol–water partition coefficient (Wildman–Crippen LogP) is 6.21. The zero-order valence-corrected chi connectivity index (χ0v) is 16.3. The number of rotatable bonds is 0. The second-order valence-corrected chi connectivity index (χ2v) is 9.18. The first-order valence-corrected chi connectivity index (χ1v) is 10.8. The van der Waals surface area contributed by atoms with Gasteiger partial charge in [0.2, 0.25) is 0 Å². The minimum atomic E-state index is -0.599. The third kappa shape index (κ3) is 1.40. The van der Waals surface area contributed by atoms with Crippen LogP contribution in [0.5, 0.6) is 0 Å². The SMILES string of the molecule is O=C1c2c3c(cc4ccccc24)C=CC2C4c5ccccc5C1(c1ccccc14)C32. The van der Waals surface area contributed by atoms with Crippen LogP contribution in [0.15, 0.2) is 84.9 Å². The largest absolute Gasteiger partial charge is 0.293 e. The average Bonchev–Trinajstić information content (AvgIpc) is 3.09. The van der Waals surface area contributed by atoms with Crippen LogP contribution in [-0.4, -0.2) is 5.78 Å². The summed E-state index contributed by atoms with van der Waals surface area (Å²) < 4.78 is 0. The molecule has 0 amide bonds. The van der Waals surface area contributed by atoms with Gasteiger partial charge in [-0.15, -0.1) is 0 Å². The van der Waals surface area contributed by atoms with Crippen LogP contribution in [0.3, 0.4) is 0 Å².